The number of aliphatic imine (C=N–C) groups is 1. The van der Waals surface area contributed by atoms with Crippen LogP contribution in [0.15, 0.2) is 42.0 Å². The topological polar surface area (TPSA) is 67.1 Å². The second kappa shape index (κ2) is 9.39. The van der Waals surface area contributed by atoms with E-state index in [0.717, 1.165) is 23.9 Å². The highest BCUT2D eigenvalue weighted by Crippen LogP contribution is 2.07. The van der Waals surface area contributed by atoms with Crippen LogP contribution in [0, 0.1) is 0 Å². The van der Waals surface area contributed by atoms with E-state index in [2.05, 4.69) is 46.4 Å². The Bertz CT molecular complexity index is 579. The predicted octanol–water partition coefficient (Wildman–Crippen LogP) is 2.35. The Kier molecular flexibility index (Phi) is 7.86. The average Bonchev–Trinajstić information content (AvgIpc) is 2.99. The largest absolute Gasteiger partial charge is 0.357 e. The molecule has 2 rings (SSSR count). The lowest BCUT2D eigenvalue weighted by atomic mass is 10.2. The van der Waals surface area contributed by atoms with Gasteiger partial charge in [-0.3, -0.25) is 4.57 Å². The van der Waals surface area contributed by atoms with E-state index in [1.807, 2.05) is 22.9 Å². The van der Waals surface area contributed by atoms with Gasteiger partial charge in [0.15, 0.2) is 5.96 Å². The van der Waals surface area contributed by atoms with Crippen LogP contribution in [-0.4, -0.2) is 33.1 Å². The highest BCUT2D eigenvalue weighted by Gasteiger charge is 2.02. The van der Waals surface area contributed by atoms with E-state index >= 15 is 0 Å². The highest BCUT2D eigenvalue weighted by atomic mass is 127. The first-order chi connectivity index (χ1) is 10.2. The van der Waals surface area contributed by atoms with Gasteiger partial charge in [-0.15, -0.1) is 24.0 Å². The molecule has 2 N–H and O–H groups in total. The van der Waals surface area contributed by atoms with Gasteiger partial charge in [0.2, 0.25) is 0 Å². The number of nitrogens with one attached hydrogen (secondary N) is 2. The van der Waals surface area contributed by atoms with E-state index in [9.17, 15) is 0 Å². The molecule has 0 aliphatic heterocycles. The van der Waals surface area contributed by atoms with Crippen molar-refractivity contribution in [3.05, 3.63) is 42.6 Å². The van der Waals surface area contributed by atoms with E-state index in [1.54, 1.807) is 18.7 Å². The van der Waals surface area contributed by atoms with Crippen LogP contribution >= 0.6 is 24.0 Å². The number of nitrogens with zero attached hydrogens (tertiary/aromatic N) is 4. The Morgan fingerprint density at radius 1 is 1.36 bits per heavy atom. The van der Waals surface area contributed by atoms with E-state index in [4.69, 9.17) is 0 Å². The quantitative estimate of drug-likeness (QED) is 0.448. The van der Waals surface area contributed by atoms with Crippen LogP contribution in [0.5, 0.6) is 0 Å². The maximum atomic E-state index is 4.59. The zero-order chi connectivity index (χ0) is 15.1. The minimum atomic E-state index is 0. The van der Waals surface area contributed by atoms with Crippen LogP contribution in [0.3, 0.4) is 0 Å². The smallest absolute Gasteiger partial charge is 0.191 e. The van der Waals surface area contributed by atoms with Crippen LogP contribution in [-0.2, 0) is 6.54 Å². The van der Waals surface area contributed by atoms with Crippen LogP contribution in [0.4, 0.5) is 0 Å². The number of hydrogen-bond acceptors (Lipinski definition) is 3. The molecule has 0 amide bonds. The Balaban J connectivity index is 0.00000242. The number of hydrogen-bond donors (Lipinski definition) is 2. The molecule has 2 aromatic heterocycles. The fourth-order valence-corrected chi connectivity index (χ4v) is 1.86. The molecular formula is C15H23IN6. The van der Waals surface area contributed by atoms with Crippen molar-refractivity contribution in [1.29, 1.82) is 0 Å². The van der Waals surface area contributed by atoms with Crippen molar-refractivity contribution in [1.82, 2.24) is 25.2 Å². The van der Waals surface area contributed by atoms with Gasteiger partial charge in [-0.2, -0.15) is 0 Å². The molecule has 2 aromatic rings. The van der Waals surface area contributed by atoms with Gasteiger partial charge in [0, 0.05) is 31.2 Å². The fourth-order valence-electron chi connectivity index (χ4n) is 1.86. The van der Waals surface area contributed by atoms with E-state index in [1.165, 1.54) is 0 Å². The molecule has 0 unspecified atom stereocenters. The maximum Gasteiger partial charge on any atom is 0.191 e. The van der Waals surface area contributed by atoms with Gasteiger partial charge >= 0.3 is 0 Å². The SMILES string of the molecule is CCNC(=NCc1ccnc(-n2ccnc2)c1)NC(C)C.I. The number of halogens is 1. The molecule has 22 heavy (non-hydrogen) atoms. The first-order valence-corrected chi connectivity index (χ1v) is 7.17. The summed E-state index contributed by atoms with van der Waals surface area (Å²) in [4.78, 5) is 13.0. The molecular weight excluding hydrogens is 391 g/mol. The third kappa shape index (κ3) is 5.63. The molecule has 0 aliphatic carbocycles. The summed E-state index contributed by atoms with van der Waals surface area (Å²) in [6.45, 7) is 7.69. The molecule has 0 aliphatic rings. The van der Waals surface area contributed by atoms with Gasteiger partial charge in [-0.1, -0.05) is 0 Å². The standard InChI is InChI=1S/C15H22N6.HI/c1-4-17-15(20-12(2)3)19-10-13-5-6-18-14(9-13)21-8-7-16-11-21;/h5-9,11-12H,4,10H2,1-3H3,(H2,17,19,20);1H. The third-order valence-corrected chi connectivity index (χ3v) is 2.77. The molecule has 7 heteroatoms. The Morgan fingerprint density at radius 2 is 2.18 bits per heavy atom. The van der Waals surface area contributed by atoms with Gasteiger partial charge in [-0.25, -0.2) is 15.0 Å². The van der Waals surface area contributed by atoms with Crippen molar-refractivity contribution in [2.75, 3.05) is 6.54 Å². The molecule has 0 spiro atoms. The minimum absolute atomic E-state index is 0. The van der Waals surface area contributed by atoms with E-state index < -0.39 is 0 Å². The summed E-state index contributed by atoms with van der Waals surface area (Å²) >= 11 is 0. The molecule has 0 saturated heterocycles. The van der Waals surface area contributed by atoms with Crippen molar-refractivity contribution in [3.63, 3.8) is 0 Å². The second-order valence-electron chi connectivity index (χ2n) is 4.99. The molecule has 6 nitrogen and oxygen atoms in total. The lowest BCUT2D eigenvalue weighted by Crippen LogP contribution is -2.41. The summed E-state index contributed by atoms with van der Waals surface area (Å²) in [7, 11) is 0. The van der Waals surface area contributed by atoms with Crippen LogP contribution < -0.4 is 10.6 Å². The van der Waals surface area contributed by atoms with E-state index in [0.29, 0.717) is 12.6 Å². The number of guanidine groups is 1. The first kappa shape index (κ1) is 18.4. The van der Waals surface area contributed by atoms with Crippen molar-refractivity contribution in [2.45, 2.75) is 33.4 Å². The molecule has 2 heterocycles. The van der Waals surface area contributed by atoms with Crippen molar-refractivity contribution >= 4 is 29.9 Å². The lowest BCUT2D eigenvalue weighted by Gasteiger charge is -2.14. The van der Waals surface area contributed by atoms with Crippen LogP contribution in [0.1, 0.15) is 26.3 Å². The second-order valence-corrected chi connectivity index (χ2v) is 4.99. The van der Waals surface area contributed by atoms with Crippen LogP contribution in [0.25, 0.3) is 5.82 Å². The molecule has 0 radical (unpaired) electrons. The monoisotopic (exact) mass is 414 g/mol. The lowest BCUT2D eigenvalue weighted by molar-refractivity contribution is 0.700. The average molecular weight is 414 g/mol. The number of aromatic nitrogens is 3. The number of imidazole rings is 1. The normalized spacial score (nSPS) is 11.2. The minimum Gasteiger partial charge on any atom is -0.357 e. The maximum absolute atomic E-state index is 4.59. The zero-order valence-corrected chi connectivity index (χ0v) is 15.5. The van der Waals surface area contributed by atoms with Gasteiger partial charge < -0.3 is 10.6 Å². The summed E-state index contributed by atoms with van der Waals surface area (Å²) in [5.74, 6) is 1.68. The number of pyridine rings is 1. The van der Waals surface area contributed by atoms with Crippen molar-refractivity contribution in [2.24, 2.45) is 4.99 Å². The molecule has 0 atom stereocenters. The highest BCUT2D eigenvalue weighted by molar-refractivity contribution is 14.0. The van der Waals surface area contributed by atoms with Gasteiger partial charge in [0.25, 0.3) is 0 Å². The first-order valence-electron chi connectivity index (χ1n) is 7.17. The van der Waals surface area contributed by atoms with E-state index in [-0.39, 0.29) is 24.0 Å². The summed E-state index contributed by atoms with van der Waals surface area (Å²) in [6.07, 6.45) is 7.14. The molecule has 0 fully saturated rings. The fraction of sp³-hybridized carbons (Fsp3) is 0.400. The Hall–Kier alpha value is -1.64. The van der Waals surface area contributed by atoms with Crippen molar-refractivity contribution in [3.8, 4) is 5.82 Å². The van der Waals surface area contributed by atoms with Gasteiger partial charge in [-0.05, 0) is 38.5 Å². The Morgan fingerprint density at radius 3 is 2.82 bits per heavy atom. The number of rotatable bonds is 5. The van der Waals surface area contributed by atoms with Gasteiger partial charge in [0.1, 0.15) is 12.1 Å². The molecule has 0 aromatic carbocycles. The molecule has 0 saturated carbocycles. The van der Waals surface area contributed by atoms with Crippen LogP contribution in [0.2, 0.25) is 0 Å². The summed E-state index contributed by atoms with van der Waals surface area (Å²) in [5.41, 5.74) is 1.11. The summed E-state index contributed by atoms with van der Waals surface area (Å²) in [6, 6.07) is 4.34. The predicted molar refractivity (Wildman–Crippen MR) is 99.9 cm³/mol. The third-order valence-electron chi connectivity index (χ3n) is 2.77. The molecule has 0 bridgehead atoms. The summed E-state index contributed by atoms with van der Waals surface area (Å²) < 4.78 is 1.88. The van der Waals surface area contributed by atoms with Crippen molar-refractivity contribution < 1.29 is 0 Å². The molecule has 120 valence electrons. The zero-order valence-electron chi connectivity index (χ0n) is 13.2. The van der Waals surface area contributed by atoms with Gasteiger partial charge in [0.05, 0.1) is 6.54 Å². The summed E-state index contributed by atoms with van der Waals surface area (Å²) in [5, 5.41) is 6.54. The Labute approximate surface area is 148 Å².